The van der Waals surface area contributed by atoms with Crippen LogP contribution in [-0.2, 0) is 0 Å². The van der Waals surface area contributed by atoms with Crippen LogP contribution in [0.3, 0.4) is 0 Å². The maximum Gasteiger partial charge on any atom is 0.785 e. The molecule has 0 radical (unpaired) electrons. The fourth-order valence-corrected chi connectivity index (χ4v) is 0.886. The van der Waals surface area contributed by atoms with E-state index in [-0.39, 0.29) is 0 Å². The lowest BCUT2D eigenvalue weighted by Gasteiger charge is -1.91. The molecule has 3 nitrogen and oxygen atoms in total. The van der Waals surface area contributed by atoms with Crippen molar-refractivity contribution in [2.45, 2.75) is 0 Å². The normalized spacial score (nSPS) is 13.9. The largest absolute Gasteiger partial charge is 0.785 e. The number of fused-ring (bicyclic) bond motifs is 1. The number of para-hydroxylation sites is 2. The van der Waals surface area contributed by atoms with E-state index in [0.717, 1.165) is 0 Å². The fraction of sp³-hybridized carbons (Fsp3) is 0. The van der Waals surface area contributed by atoms with Crippen molar-refractivity contribution in [3.8, 4) is 11.5 Å². The van der Waals surface area contributed by atoms with Crippen molar-refractivity contribution in [2.24, 2.45) is 0 Å². The highest BCUT2D eigenvalue weighted by molar-refractivity contribution is 6.38. The molecule has 1 aromatic rings. The van der Waals surface area contributed by atoms with Gasteiger partial charge in [0.15, 0.2) is 0 Å². The van der Waals surface area contributed by atoms with E-state index in [1.165, 1.54) is 0 Å². The molecule has 1 aliphatic rings. The van der Waals surface area contributed by atoms with Gasteiger partial charge in [-0.3, -0.25) is 0 Å². The van der Waals surface area contributed by atoms with Crippen LogP contribution in [0.1, 0.15) is 0 Å². The number of rotatable bonds is 0. The Kier molecular flexibility index (Phi) is 1.08. The first-order valence-electron chi connectivity index (χ1n) is 2.97. The van der Waals surface area contributed by atoms with E-state index in [4.69, 9.17) is 14.3 Å². The first-order valence-corrected chi connectivity index (χ1v) is 2.97. The Morgan fingerprint density at radius 3 is 2.10 bits per heavy atom. The molecule has 0 spiro atoms. The van der Waals surface area contributed by atoms with E-state index in [9.17, 15) is 0 Å². The van der Waals surface area contributed by atoms with Crippen molar-refractivity contribution in [2.75, 3.05) is 0 Å². The maximum absolute atomic E-state index is 8.81. The molecular weight excluding hydrogens is 131 g/mol. The molecule has 0 unspecified atom stereocenters. The molecule has 0 atom stereocenters. The molecule has 0 bridgehead atoms. The molecule has 4 heteroatoms. The summed E-state index contributed by atoms with van der Waals surface area (Å²) in [5.41, 5.74) is 0. The van der Waals surface area contributed by atoms with Crippen LogP contribution in [0.5, 0.6) is 11.5 Å². The van der Waals surface area contributed by atoms with Crippen LogP contribution in [0.4, 0.5) is 0 Å². The lowest BCUT2D eigenvalue weighted by molar-refractivity contribution is 0.342. The third-order valence-electron chi connectivity index (χ3n) is 1.30. The third-order valence-corrected chi connectivity index (χ3v) is 1.30. The van der Waals surface area contributed by atoms with Crippen LogP contribution in [0.25, 0.3) is 0 Å². The van der Waals surface area contributed by atoms with E-state index < -0.39 is 7.32 Å². The van der Waals surface area contributed by atoms with Gasteiger partial charge in [0.25, 0.3) is 0 Å². The Balaban J connectivity index is 2.42. The molecule has 10 heavy (non-hydrogen) atoms. The first-order chi connectivity index (χ1) is 4.86. The third kappa shape index (κ3) is 0.734. The van der Waals surface area contributed by atoms with Crippen LogP contribution in [-0.4, -0.2) is 12.3 Å². The molecule has 0 fully saturated rings. The van der Waals surface area contributed by atoms with Gasteiger partial charge in [-0.1, -0.05) is 12.1 Å². The van der Waals surface area contributed by atoms with Crippen molar-refractivity contribution in [3.05, 3.63) is 24.3 Å². The van der Waals surface area contributed by atoms with Gasteiger partial charge in [0.1, 0.15) is 11.5 Å². The van der Waals surface area contributed by atoms with Crippen molar-refractivity contribution in [3.63, 3.8) is 0 Å². The van der Waals surface area contributed by atoms with Gasteiger partial charge in [-0.15, -0.1) is 0 Å². The van der Waals surface area contributed by atoms with Crippen molar-refractivity contribution in [1.29, 1.82) is 0 Å². The minimum atomic E-state index is -1.13. The van der Waals surface area contributed by atoms with E-state index in [0.29, 0.717) is 11.5 Å². The van der Waals surface area contributed by atoms with Gasteiger partial charge in [0, 0.05) is 0 Å². The topological polar surface area (TPSA) is 38.7 Å². The molecule has 1 heterocycles. The van der Waals surface area contributed by atoms with Gasteiger partial charge < -0.3 is 14.3 Å². The van der Waals surface area contributed by atoms with Gasteiger partial charge in [-0.2, -0.15) is 0 Å². The molecule has 50 valence electrons. The van der Waals surface area contributed by atoms with Crippen molar-refractivity contribution in [1.82, 2.24) is 0 Å². The zero-order chi connectivity index (χ0) is 6.97. The second kappa shape index (κ2) is 1.92. The average Bonchev–Trinajstić information content (AvgIpc) is 2.27. The van der Waals surface area contributed by atoms with E-state index in [2.05, 4.69) is 0 Å². The predicted octanol–water partition coefficient (Wildman–Crippen LogP) is 0.435. The van der Waals surface area contributed by atoms with Crippen LogP contribution >= 0.6 is 0 Å². The molecule has 1 aromatic carbocycles. The molecule has 1 N–H and O–H groups in total. The summed E-state index contributed by atoms with van der Waals surface area (Å²) < 4.78 is 9.68. The smallest absolute Gasteiger partial charge is 0.498 e. The molecule has 0 aromatic heterocycles. The summed E-state index contributed by atoms with van der Waals surface area (Å²) in [5, 5.41) is 8.81. The SMILES string of the molecule is OB1Oc2ccccc2O1. The van der Waals surface area contributed by atoms with Crippen LogP contribution in [0.15, 0.2) is 24.3 Å². The van der Waals surface area contributed by atoms with Crippen LogP contribution in [0.2, 0.25) is 0 Å². The quantitative estimate of drug-likeness (QED) is 0.525. The van der Waals surface area contributed by atoms with Gasteiger partial charge in [0.05, 0.1) is 0 Å². The summed E-state index contributed by atoms with van der Waals surface area (Å²) in [7, 11) is -1.13. The van der Waals surface area contributed by atoms with Gasteiger partial charge in [0.2, 0.25) is 0 Å². The van der Waals surface area contributed by atoms with Gasteiger partial charge in [-0.05, 0) is 12.1 Å². The average molecular weight is 136 g/mol. The molecule has 0 aliphatic carbocycles. The molecule has 1 aliphatic heterocycles. The van der Waals surface area contributed by atoms with Crippen LogP contribution < -0.4 is 9.31 Å². The van der Waals surface area contributed by atoms with E-state index in [1.807, 2.05) is 12.1 Å². The molecule has 0 saturated carbocycles. The summed E-state index contributed by atoms with van der Waals surface area (Å²) in [5.74, 6) is 1.19. The Morgan fingerprint density at radius 1 is 1.10 bits per heavy atom. The molecule has 0 saturated heterocycles. The fourth-order valence-electron chi connectivity index (χ4n) is 0.886. The van der Waals surface area contributed by atoms with E-state index in [1.54, 1.807) is 12.1 Å². The van der Waals surface area contributed by atoms with Crippen molar-refractivity contribution < 1.29 is 14.3 Å². The zero-order valence-electron chi connectivity index (χ0n) is 5.15. The standard InChI is InChI=1S/C6H5BO3/c8-7-9-5-3-1-2-4-6(5)10-7/h1-4,8H. The summed E-state index contributed by atoms with van der Waals surface area (Å²) in [6.07, 6.45) is 0. The molecule has 2 rings (SSSR count). The summed E-state index contributed by atoms with van der Waals surface area (Å²) >= 11 is 0. The first kappa shape index (κ1) is 5.62. The minimum Gasteiger partial charge on any atom is -0.498 e. The number of hydrogen-bond donors (Lipinski definition) is 1. The molecule has 0 amide bonds. The Labute approximate surface area is 58.4 Å². The lowest BCUT2D eigenvalue weighted by Crippen LogP contribution is -2.23. The Hall–Kier alpha value is -1.16. The monoisotopic (exact) mass is 136 g/mol. The Morgan fingerprint density at radius 2 is 1.60 bits per heavy atom. The number of benzene rings is 1. The number of hydrogen-bond acceptors (Lipinski definition) is 3. The molecular formula is C6H5BO3. The predicted molar refractivity (Wildman–Crippen MR) is 35.7 cm³/mol. The highest BCUT2D eigenvalue weighted by Crippen LogP contribution is 2.31. The summed E-state index contributed by atoms with van der Waals surface area (Å²) in [6, 6.07) is 7.12. The van der Waals surface area contributed by atoms with E-state index >= 15 is 0 Å². The van der Waals surface area contributed by atoms with Crippen molar-refractivity contribution >= 4 is 7.32 Å². The summed E-state index contributed by atoms with van der Waals surface area (Å²) in [6.45, 7) is 0. The highest BCUT2D eigenvalue weighted by atomic mass is 16.7. The second-order valence-electron chi connectivity index (χ2n) is 1.99. The minimum absolute atomic E-state index is 0.593. The summed E-state index contributed by atoms with van der Waals surface area (Å²) in [4.78, 5) is 0. The maximum atomic E-state index is 8.81. The zero-order valence-corrected chi connectivity index (χ0v) is 5.15. The Bertz CT molecular complexity index is 226. The highest BCUT2D eigenvalue weighted by Gasteiger charge is 2.30. The lowest BCUT2D eigenvalue weighted by atomic mass is 10.3. The van der Waals surface area contributed by atoms with Gasteiger partial charge >= 0.3 is 7.32 Å². The van der Waals surface area contributed by atoms with Crippen LogP contribution in [0, 0.1) is 0 Å². The van der Waals surface area contributed by atoms with Gasteiger partial charge in [-0.25, -0.2) is 0 Å². The second-order valence-corrected chi connectivity index (χ2v) is 1.99.